The highest BCUT2D eigenvalue weighted by atomic mass is 16.3. The molecule has 0 aliphatic carbocycles. The molecule has 0 aliphatic heterocycles. The zero-order chi connectivity index (χ0) is 18.1. The molecular formula is C20H21N3O2. The highest BCUT2D eigenvalue weighted by molar-refractivity contribution is 6.00. The van der Waals surface area contributed by atoms with Gasteiger partial charge in [0.05, 0.1) is 5.52 Å². The molecule has 5 heteroatoms. The summed E-state index contributed by atoms with van der Waals surface area (Å²) in [6, 6.07) is 5.94. The van der Waals surface area contributed by atoms with Crippen LogP contribution in [0.4, 0.5) is 0 Å². The Morgan fingerprint density at radius 2 is 1.60 bits per heavy atom. The Kier molecular flexibility index (Phi) is 3.04. The van der Waals surface area contributed by atoms with E-state index in [-0.39, 0.29) is 16.9 Å². The normalized spacial score (nSPS) is 12.5. The predicted molar refractivity (Wildman–Crippen MR) is 99.5 cm³/mol. The molecule has 0 radical (unpaired) electrons. The van der Waals surface area contributed by atoms with Crippen molar-refractivity contribution in [2.75, 3.05) is 0 Å². The number of phenolic OH excluding ortho intramolecular Hbond substituents is 2. The summed E-state index contributed by atoms with van der Waals surface area (Å²) in [5.74, 6) is 0.262. The van der Waals surface area contributed by atoms with E-state index in [1.165, 1.54) is 0 Å². The molecule has 0 saturated heterocycles. The summed E-state index contributed by atoms with van der Waals surface area (Å²) in [4.78, 5) is 9.38. The van der Waals surface area contributed by atoms with Crippen LogP contribution in [0.15, 0.2) is 24.4 Å². The molecule has 0 unspecified atom stereocenters. The van der Waals surface area contributed by atoms with Crippen molar-refractivity contribution < 1.29 is 10.2 Å². The second-order valence-electron chi connectivity index (χ2n) is 7.64. The monoisotopic (exact) mass is 335 g/mol. The third kappa shape index (κ3) is 2.08. The van der Waals surface area contributed by atoms with Crippen LogP contribution in [-0.4, -0.2) is 24.6 Å². The van der Waals surface area contributed by atoms with E-state index in [1.807, 2.05) is 28.8 Å². The van der Waals surface area contributed by atoms with Crippen molar-refractivity contribution in [1.29, 1.82) is 0 Å². The summed E-state index contributed by atoms with van der Waals surface area (Å²) in [7, 11) is 0. The van der Waals surface area contributed by atoms with Crippen LogP contribution >= 0.6 is 0 Å². The zero-order valence-electron chi connectivity index (χ0n) is 15.0. The minimum atomic E-state index is -0.0365. The lowest BCUT2D eigenvalue weighted by Gasteiger charge is -2.18. The maximum absolute atomic E-state index is 10.6. The van der Waals surface area contributed by atoms with Gasteiger partial charge in [0.2, 0.25) is 0 Å². The number of imidazole rings is 1. The van der Waals surface area contributed by atoms with Crippen LogP contribution in [0.2, 0.25) is 0 Å². The summed E-state index contributed by atoms with van der Waals surface area (Å²) in [6.07, 6.45) is 1.85. The van der Waals surface area contributed by atoms with Crippen molar-refractivity contribution in [3.8, 4) is 11.5 Å². The van der Waals surface area contributed by atoms with Crippen LogP contribution in [0.1, 0.15) is 37.6 Å². The first-order chi connectivity index (χ1) is 11.7. The van der Waals surface area contributed by atoms with Gasteiger partial charge in [-0.05, 0) is 43.2 Å². The molecule has 0 aliphatic rings. The average Bonchev–Trinajstić information content (AvgIpc) is 2.96. The van der Waals surface area contributed by atoms with E-state index >= 15 is 0 Å². The van der Waals surface area contributed by atoms with E-state index in [0.29, 0.717) is 27.8 Å². The molecule has 1 aromatic carbocycles. The Hall–Kier alpha value is -2.82. The minimum Gasteiger partial charge on any atom is -0.505 e. The number of pyridine rings is 2. The Morgan fingerprint density at radius 3 is 2.28 bits per heavy atom. The fourth-order valence-electron chi connectivity index (χ4n) is 3.22. The SMILES string of the molecule is Cc1c(C)c(O)c2c(nc3c4ccc(C(C)(C)C)nc4ccn32)c1O. The summed E-state index contributed by atoms with van der Waals surface area (Å²) < 4.78 is 1.82. The molecule has 128 valence electrons. The maximum atomic E-state index is 10.6. The average molecular weight is 335 g/mol. The van der Waals surface area contributed by atoms with Crippen LogP contribution in [0.25, 0.3) is 27.6 Å². The quantitative estimate of drug-likeness (QED) is 0.468. The first-order valence-electron chi connectivity index (χ1n) is 8.33. The van der Waals surface area contributed by atoms with Crippen molar-refractivity contribution in [2.24, 2.45) is 0 Å². The summed E-state index contributed by atoms with van der Waals surface area (Å²) >= 11 is 0. The van der Waals surface area contributed by atoms with Gasteiger partial charge in [0, 0.05) is 22.7 Å². The van der Waals surface area contributed by atoms with Crippen molar-refractivity contribution in [3.05, 3.63) is 41.2 Å². The Labute approximate surface area is 145 Å². The van der Waals surface area contributed by atoms with Gasteiger partial charge < -0.3 is 10.2 Å². The number of hydrogen-bond donors (Lipinski definition) is 2. The number of hydrogen-bond acceptors (Lipinski definition) is 4. The minimum absolute atomic E-state index is 0.0365. The fraction of sp³-hybridized carbons (Fsp3) is 0.300. The summed E-state index contributed by atoms with van der Waals surface area (Å²) in [5, 5.41) is 22.0. The largest absolute Gasteiger partial charge is 0.505 e. The Bertz CT molecular complexity index is 1170. The molecule has 0 bridgehead atoms. The van der Waals surface area contributed by atoms with E-state index in [4.69, 9.17) is 4.98 Å². The second kappa shape index (κ2) is 4.85. The first kappa shape index (κ1) is 15.7. The molecule has 4 aromatic rings. The molecular weight excluding hydrogens is 314 g/mol. The van der Waals surface area contributed by atoms with Gasteiger partial charge in [-0.1, -0.05) is 20.8 Å². The van der Waals surface area contributed by atoms with Crippen molar-refractivity contribution in [2.45, 2.75) is 40.0 Å². The van der Waals surface area contributed by atoms with Gasteiger partial charge in [-0.2, -0.15) is 0 Å². The smallest absolute Gasteiger partial charge is 0.147 e. The molecule has 4 rings (SSSR count). The number of nitrogens with zero attached hydrogens (tertiary/aromatic N) is 3. The molecule has 5 nitrogen and oxygen atoms in total. The molecule has 3 heterocycles. The van der Waals surface area contributed by atoms with Crippen LogP contribution in [0.5, 0.6) is 11.5 Å². The van der Waals surface area contributed by atoms with Crippen molar-refractivity contribution in [1.82, 2.24) is 14.4 Å². The van der Waals surface area contributed by atoms with Gasteiger partial charge in [0.15, 0.2) is 0 Å². The van der Waals surface area contributed by atoms with Gasteiger partial charge in [0.1, 0.15) is 28.2 Å². The molecule has 0 amide bonds. The molecule has 0 spiro atoms. The lowest BCUT2D eigenvalue weighted by atomic mass is 9.91. The molecule has 3 aromatic heterocycles. The van der Waals surface area contributed by atoms with Crippen LogP contribution < -0.4 is 0 Å². The lowest BCUT2D eigenvalue weighted by Crippen LogP contribution is -2.13. The van der Waals surface area contributed by atoms with Gasteiger partial charge in [-0.15, -0.1) is 0 Å². The van der Waals surface area contributed by atoms with Gasteiger partial charge in [0.25, 0.3) is 0 Å². The third-order valence-electron chi connectivity index (χ3n) is 4.95. The van der Waals surface area contributed by atoms with Crippen LogP contribution in [0.3, 0.4) is 0 Å². The molecule has 0 atom stereocenters. The topological polar surface area (TPSA) is 70.7 Å². The maximum Gasteiger partial charge on any atom is 0.147 e. The highest BCUT2D eigenvalue weighted by Crippen LogP contribution is 2.39. The van der Waals surface area contributed by atoms with Crippen molar-refractivity contribution >= 4 is 27.6 Å². The molecule has 0 saturated carbocycles. The van der Waals surface area contributed by atoms with Crippen LogP contribution in [0, 0.1) is 13.8 Å². The predicted octanol–water partition coefficient (Wildman–Crippen LogP) is 4.36. The second-order valence-corrected chi connectivity index (χ2v) is 7.64. The molecule has 0 fully saturated rings. The number of aromatic hydroxyl groups is 2. The van der Waals surface area contributed by atoms with Crippen LogP contribution in [-0.2, 0) is 5.41 Å². The highest BCUT2D eigenvalue weighted by Gasteiger charge is 2.21. The standard InChI is InChI=1S/C20H21N3O2/c1-10-11(2)18(25)16-15(17(10)24)22-19-12-6-7-14(20(3,4)5)21-13(12)8-9-23(16)19/h6-9,24-25H,1-5H3. The number of rotatable bonds is 0. The Balaban J connectivity index is 2.16. The van der Waals surface area contributed by atoms with E-state index in [0.717, 1.165) is 16.6 Å². The Morgan fingerprint density at radius 1 is 0.920 bits per heavy atom. The zero-order valence-corrected chi connectivity index (χ0v) is 15.0. The molecule has 2 N–H and O–H groups in total. The molecule has 25 heavy (non-hydrogen) atoms. The van der Waals surface area contributed by atoms with Gasteiger partial charge >= 0.3 is 0 Å². The third-order valence-corrected chi connectivity index (χ3v) is 4.95. The lowest BCUT2D eigenvalue weighted by molar-refractivity contribution is 0.461. The number of fused-ring (bicyclic) bond motifs is 5. The summed E-state index contributed by atoms with van der Waals surface area (Å²) in [5.41, 5.74) is 4.74. The van der Waals surface area contributed by atoms with Gasteiger partial charge in [-0.3, -0.25) is 9.38 Å². The number of phenols is 2. The first-order valence-corrected chi connectivity index (χ1v) is 8.33. The van der Waals surface area contributed by atoms with Crippen molar-refractivity contribution in [3.63, 3.8) is 0 Å². The summed E-state index contributed by atoms with van der Waals surface area (Å²) in [6.45, 7) is 9.96. The number of benzene rings is 1. The number of aromatic nitrogens is 3. The van der Waals surface area contributed by atoms with E-state index < -0.39 is 0 Å². The van der Waals surface area contributed by atoms with E-state index in [9.17, 15) is 10.2 Å². The fourth-order valence-corrected chi connectivity index (χ4v) is 3.22. The van der Waals surface area contributed by atoms with E-state index in [1.54, 1.807) is 13.8 Å². The van der Waals surface area contributed by atoms with E-state index in [2.05, 4.69) is 25.8 Å². The van der Waals surface area contributed by atoms with Gasteiger partial charge in [-0.25, -0.2) is 4.98 Å².